The van der Waals surface area contributed by atoms with Gasteiger partial charge in [0.05, 0.1) is 6.61 Å². The van der Waals surface area contributed by atoms with Crippen molar-refractivity contribution in [3.8, 4) is 0 Å². The summed E-state index contributed by atoms with van der Waals surface area (Å²) in [6.45, 7) is 0.400. The molecule has 100 valence electrons. The summed E-state index contributed by atoms with van der Waals surface area (Å²) in [5.74, 6) is -1.26. The zero-order chi connectivity index (χ0) is 13.5. The van der Waals surface area contributed by atoms with Crippen molar-refractivity contribution in [2.45, 2.75) is 6.42 Å². The molecule has 2 amide bonds. The average molecular weight is 258 g/mol. The Labute approximate surface area is 104 Å². The molecule has 1 rings (SSSR count). The Balaban J connectivity index is 2.39. The maximum atomic E-state index is 12.9. The van der Waals surface area contributed by atoms with Gasteiger partial charge in [0.25, 0.3) is 0 Å². The third kappa shape index (κ3) is 4.67. The van der Waals surface area contributed by atoms with Crippen LogP contribution in [0.3, 0.4) is 0 Å². The van der Waals surface area contributed by atoms with Gasteiger partial charge >= 0.3 is 6.03 Å². The first-order valence-electron chi connectivity index (χ1n) is 5.57. The van der Waals surface area contributed by atoms with Gasteiger partial charge in [-0.2, -0.15) is 0 Å². The Morgan fingerprint density at radius 2 is 1.94 bits per heavy atom. The Bertz CT molecular complexity index is 393. The Morgan fingerprint density at radius 3 is 2.50 bits per heavy atom. The molecule has 0 bridgehead atoms. The number of halogens is 2. The summed E-state index contributed by atoms with van der Waals surface area (Å²) < 4.78 is 25.8. The number of hydrogen-bond donors (Lipinski definition) is 2. The molecule has 6 heteroatoms. The highest BCUT2D eigenvalue weighted by Gasteiger charge is 2.07. The van der Waals surface area contributed by atoms with Crippen LogP contribution in [0.15, 0.2) is 18.2 Å². The predicted octanol–water partition coefficient (Wildman–Crippen LogP) is 1.14. The first-order valence-corrected chi connectivity index (χ1v) is 5.57. The maximum Gasteiger partial charge on any atom is 0.317 e. The third-order valence-corrected chi connectivity index (χ3v) is 2.39. The summed E-state index contributed by atoms with van der Waals surface area (Å²) in [6.07, 6.45) is 0.341. The van der Waals surface area contributed by atoms with E-state index in [1.807, 2.05) is 0 Å². The van der Waals surface area contributed by atoms with E-state index in [0.29, 0.717) is 12.0 Å². The Kier molecular flexibility index (Phi) is 5.51. The van der Waals surface area contributed by atoms with E-state index in [4.69, 9.17) is 5.11 Å². The zero-order valence-corrected chi connectivity index (χ0v) is 10.1. The summed E-state index contributed by atoms with van der Waals surface area (Å²) in [6, 6.07) is 2.93. The molecule has 0 heterocycles. The van der Waals surface area contributed by atoms with Gasteiger partial charge in [0.2, 0.25) is 0 Å². The van der Waals surface area contributed by atoms with Gasteiger partial charge in [0.1, 0.15) is 11.6 Å². The van der Waals surface area contributed by atoms with Gasteiger partial charge in [0.15, 0.2) is 0 Å². The highest BCUT2D eigenvalue weighted by molar-refractivity contribution is 5.73. The molecule has 0 aliphatic rings. The van der Waals surface area contributed by atoms with Crippen LogP contribution < -0.4 is 5.32 Å². The maximum absolute atomic E-state index is 12.9. The summed E-state index contributed by atoms with van der Waals surface area (Å²) in [5, 5.41) is 11.2. The van der Waals surface area contributed by atoms with Crippen molar-refractivity contribution >= 4 is 6.03 Å². The molecule has 4 nitrogen and oxygen atoms in total. The molecule has 18 heavy (non-hydrogen) atoms. The molecule has 0 aliphatic carbocycles. The van der Waals surface area contributed by atoms with E-state index in [9.17, 15) is 13.6 Å². The number of hydrogen-bond acceptors (Lipinski definition) is 2. The fourth-order valence-corrected chi connectivity index (χ4v) is 1.46. The highest BCUT2D eigenvalue weighted by Crippen LogP contribution is 2.08. The number of likely N-dealkylation sites (N-methyl/N-ethyl adjacent to an activating group) is 1. The number of carbonyl (C=O) groups is 1. The van der Waals surface area contributed by atoms with Crippen LogP contribution in [-0.4, -0.2) is 42.8 Å². The van der Waals surface area contributed by atoms with Gasteiger partial charge in [-0.1, -0.05) is 0 Å². The first-order chi connectivity index (χ1) is 8.52. The lowest BCUT2D eigenvalue weighted by Crippen LogP contribution is -2.39. The van der Waals surface area contributed by atoms with E-state index < -0.39 is 11.6 Å². The lowest BCUT2D eigenvalue weighted by Gasteiger charge is -2.16. The van der Waals surface area contributed by atoms with Gasteiger partial charge in [-0.15, -0.1) is 0 Å². The van der Waals surface area contributed by atoms with Crippen LogP contribution in [0.25, 0.3) is 0 Å². The predicted molar refractivity (Wildman–Crippen MR) is 63.2 cm³/mol. The van der Waals surface area contributed by atoms with Gasteiger partial charge in [-0.25, -0.2) is 13.6 Å². The minimum absolute atomic E-state index is 0.112. The number of benzene rings is 1. The smallest absolute Gasteiger partial charge is 0.317 e. The van der Waals surface area contributed by atoms with Crippen LogP contribution >= 0.6 is 0 Å². The topological polar surface area (TPSA) is 52.6 Å². The summed E-state index contributed by atoms with van der Waals surface area (Å²) in [4.78, 5) is 12.7. The van der Waals surface area contributed by atoms with E-state index in [1.165, 1.54) is 17.0 Å². The molecular formula is C12H16F2N2O2. The number of nitrogens with zero attached hydrogens (tertiary/aromatic N) is 1. The number of nitrogens with one attached hydrogen (secondary N) is 1. The van der Waals surface area contributed by atoms with Gasteiger partial charge < -0.3 is 15.3 Å². The van der Waals surface area contributed by atoms with E-state index >= 15 is 0 Å². The van der Waals surface area contributed by atoms with Crippen molar-refractivity contribution in [1.82, 2.24) is 10.2 Å². The molecule has 0 aromatic heterocycles. The molecule has 0 saturated heterocycles. The highest BCUT2D eigenvalue weighted by atomic mass is 19.1. The van der Waals surface area contributed by atoms with Crippen molar-refractivity contribution in [1.29, 1.82) is 0 Å². The summed E-state index contributed by atoms with van der Waals surface area (Å²) in [5.41, 5.74) is 0.484. The van der Waals surface area contributed by atoms with Crippen molar-refractivity contribution in [2.75, 3.05) is 26.7 Å². The molecule has 0 radical (unpaired) electrons. The molecule has 0 atom stereocenters. The van der Waals surface area contributed by atoms with E-state index in [1.54, 1.807) is 7.05 Å². The second-order valence-corrected chi connectivity index (χ2v) is 3.90. The van der Waals surface area contributed by atoms with Crippen molar-refractivity contribution in [3.05, 3.63) is 35.4 Å². The molecule has 0 saturated carbocycles. The molecule has 0 unspecified atom stereocenters. The number of aliphatic hydroxyl groups is 1. The number of rotatable bonds is 5. The Hall–Kier alpha value is -1.69. The van der Waals surface area contributed by atoms with Gasteiger partial charge in [0, 0.05) is 26.2 Å². The number of aliphatic hydroxyl groups excluding tert-OH is 1. The van der Waals surface area contributed by atoms with Gasteiger partial charge in [-0.05, 0) is 24.1 Å². The normalized spacial score (nSPS) is 10.2. The third-order valence-electron chi connectivity index (χ3n) is 2.39. The van der Waals surface area contributed by atoms with Crippen LogP contribution in [0.1, 0.15) is 5.56 Å². The fraction of sp³-hybridized carbons (Fsp3) is 0.417. The largest absolute Gasteiger partial charge is 0.395 e. The standard InChI is InChI=1S/C12H16F2N2O2/c1-16(4-5-17)12(18)15-3-2-9-6-10(13)8-11(14)7-9/h6-8,17H,2-5H2,1H3,(H,15,18). The second-order valence-electron chi connectivity index (χ2n) is 3.90. The molecule has 0 aliphatic heterocycles. The second kappa shape index (κ2) is 6.90. The van der Waals surface area contributed by atoms with E-state index in [2.05, 4.69) is 5.32 Å². The fourth-order valence-electron chi connectivity index (χ4n) is 1.46. The van der Waals surface area contributed by atoms with Crippen LogP contribution in [0.4, 0.5) is 13.6 Å². The lowest BCUT2D eigenvalue weighted by atomic mass is 10.1. The minimum atomic E-state index is -0.631. The van der Waals surface area contributed by atoms with Crippen molar-refractivity contribution in [3.63, 3.8) is 0 Å². The van der Waals surface area contributed by atoms with Crippen molar-refractivity contribution < 1.29 is 18.7 Å². The Morgan fingerprint density at radius 1 is 1.33 bits per heavy atom. The SMILES string of the molecule is CN(CCO)C(=O)NCCc1cc(F)cc(F)c1. The molecule has 0 fully saturated rings. The number of urea groups is 1. The average Bonchev–Trinajstić information content (AvgIpc) is 2.27. The zero-order valence-electron chi connectivity index (χ0n) is 10.1. The summed E-state index contributed by atoms with van der Waals surface area (Å²) in [7, 11) is 1.55. The van der Waals surface area contributed by atoms with Crippen LogP contribution in [0.5, 0.6) is 0 Å². The first kappa shape index (κ1) is 14.4. The summed E-state index contributed by atoms with van der Waals surface area (Å²) >= 11 is 0. The molecule has 1 aromatic carbocycles. The minimum Gasteiger partial charge on any atom is -0.395 e. The lowest BCUT2D eigenvalue weighted by molar-refractivity contribution is 0.190. The van der Waals surface area contributed by atoms with Crippen LogP contribution in [-0.2, 0) is 6.42 Å². The molecule has 1 aromatic rings. The van der Waals surface area contributed by atoms with Crippen molar-refractivity contribution in [2.24, 2.45) is 0 Å². The van der Waals surface area contributed by atoms with Gasteiger partial charge in [-0.3, -0.25) is 0 Å². The molecular weight excluding hydrogens is 242 g/mol. The number of carbonyl (C=O) groups excluding carboxylic acids is 1. The van der Waals surface area contributed by atoms with Crippen LogP contribution in [0, 0.1) is 11.6 Å². The number of amides is 2. The van der Waals surface area contributed by atoms with E-state index in [0.717, 1.165) is 6.07 Å². The van der Waals surface area contributed by atoms with Crippen LogP contribution in [0.2, 0.25) is 0 Å². The molecule has 2 N–H and O–H groups in total. The van der Waals surface area contributed by atoms with E-state index in [-0.39, 0.29) is 25.7 Å². The monoisotopic (exact) mass is 258 g/mol. The molecule has 0 spiro atoms. The quantitative estimate of drug-likeness (QED) is 0.832.